The van der Waals surface area contributed by atoms with Crippen molar-refractivity contribution >= 4 is 28.5 Å². The molecule has 2 aromatic heterocycles. The maximum Gasteiger partial charge on any atom is 0.419 e. The number of nitrogens with zero attached hydrogens (tertiary/aromatic N) is 4. The minimum absolute atomic E-state index is 0.133. The van der Waals surface area contributed by atoms with Crippen LogP contribution in [0.5, 0.6) is 5.75 Å². The molecule has 3 aromatic rings. The van der Waals surface area contributed by atoms with Crippen molar-refractivity contribution in [1.82, 2.24) is 14.5 Å². The van der Waals surface area contributed by atoms with E-state index in [-0.39, 0.29) is 42.7 Å². The van der Waals surface area contributed by atoms with Crippen LogP contribution in [-0.2, 0) is 17.5 Å². The zero-order chi connectivity index (χ0) is 23.9. The molecule has 0 amide bonds. The molecule has 1 N–H and O–H groups in total. The summed E-state index contributed by atoms with van der Waals surface area (Å²) >= 11 is 6.12. The molecule has 1 aliphatic rings. The van der Waals surface area contributed by atoms with Gasteiger partial charge in [0.1, 0.15) is 5.52 Å². The van der Waals surface area contributed by atoms with Crippen LogP contribution in [0.2, 0.25) is 5.02 Å². The number of hydrogen-bond acceptors (Lipinski definition) is 6. The van der Waals surface area contributed by atoms with Crippen LogP contribution < -0.4 is 10.5 Å². The van der Waals surface area contributed by atoms with E-state index >= 15 is 0 Å². The van der Waals surface area contributed by atoms with Crippen LogP contribution in [0, 0.1) is 0 Å². The van der Waals surface area contributed by atoms with Crippen molar-refractivity contribution in [3.63, 3.8) is 0 Å². The third kappa shape index (κ3) is 4.32. The van der Waals surface area contributed by atoms with Gasteiger partial charge in [0, 0.05) is 36.1 Å². The lowest BCUT2D eigenvalue weighted by atomic mass is 9.96. The molecule has 0 atom stereocenters. The average Bonchev–Trinajstić information content (AvgIpc) is 2.76. The molecule has 4 rings (SSSR count). The summed E-state index contributed by atoms with van der Waals surface area (Å²) in [6.07, 6.45) is -5.77. The lowest BCUT2D eigenvalue weighted by molar-refractivity contribution is -0.136. The van der Waals surface area contributed by atoms with Gasteiger partial charge in [-0.2, -0.15) is 13.2 Å². The highest BCUT2D eigenvalue weighted by Gasteiger charge is 2.40. The van der Waals surface area contributed by atoms with Gasteiger partial charge >= 0.3 is 6.18 Å². The number of alkyl halides is 5. The van der Waals surface area contributed by atoms with Crippen LogP contribution in [-0.4, -0.2) is 52.4 Å². The maximum absolute atomic E-state index is 14.3. The smallest absolute Gasteiger partial charge is 0.419 e. The van der Waals surface area contributed by atoms with E-state index in [1.165, 1.54) is 4.90 Å². The minimum Gasteiger partial charge on any atom is -0.505 e. The third-order valence-electron chi connectivity index (χ3n) is 5.16. The molecule has 0 unspecified atom stereocenters. The van der Waals surface area contributed by atoms with Crippen LogP contribution in [0.3, 0.4) is 0 Å². The molecular formula is C20H16ClF5N4O3. The number of fused-ring (bicyclic) bond motifs is 1. The normalized spacial score (nSPS) is 14.9. The summed E-state index contributed by atoms with van der Waals surface area (Å²) in [4.78, 5) is 22.2. The first kappa shape index (κ1) is 23.2. The number of rotatable bonds is 4. The highest BCUT2D eigenvalue weighted by molar-refractivity contribution is 6.31. The first-order valence-corrected chi connectivity index (χ1v) is 10.1. The molecule has 0 aliphatic carbocycles. The van der Waals surface area contributed by atoms with Gasteiger partial charge in [-0.3, -0.25) is 9.36 Å². The van der Waals surface area contributed by atoms with Gasteiger partial charge in [0.25, 0.3) is 12.0 Å². The Bertz CT molecular complexity index is 1260. The SMILES string of the molecule is O=c1c(-c2cc(Cl)cc(N3CCOCC3)c2C(F)(F)F)c(O)c2nccnc2n1CC(F)F. The fourth-order valence-electron chi connectivity index (χ4n) is 3.84. The van der Waals surface area contributed by atoms with Gasteiger partial charge in [-0.1, -0.05) is 11.6 Å². The molecule has 7 nitrogen and oxygen atoms in total. The summed E-state index contributed by atoms with van der Waals surface area (Å²) in [6.45, 7) is -0.533. The van der Waals surface area contributed by atoms with E-state index in [0.717, 1.165) is 24.5 Å². The monoisotopic (exact) mass is 490 g/mol. The standard InChI is InChI=1S/C20H16ClF5N4O3/c21-10-7-11(15(20(24,25)26)12(8-10)29-3-5-33-6-4-29)14-17(31)16-18(28-2-1-27-16)30(19(14)32)9-13(22)23/h1-2,7-8,13,31H,3-6,9H2. The van der Waals surface area contributed by atoms with Crippen LogP contribution >= 0.6 is 11.6 Å². The van der Waals surface area contributed by atoms with Gasteiger partial charge in [0.15, 0.2) is 11.4 Å². The molecule has 33 heavy (non-hydrogen) atoms. The van der Waals surface area contributed by atoms with Crippen molar-refractivity contribution in [2.75, 3.05) is 31.2 Å². The number of morpholine rings is 1. The number of hydrogen-bond donors (Lipinski definition) is 1. The molecule has 0 saturated carbocycles. The lowest BCUT2D eigenvalue weighted by Crippen LogP contribution is -2.37. The number of ether oxygens (including phenoxy) is 1. The molecular weight excluding hydrogens is 475 g/mol. The molecule has 0 bridgehead atoms. The minimum atomic E-state index is -4.97. The summed E-state index contributed by atoms with van der Waals surface area (Å²) < 4.78 is 75.1. The quantitative estimate of drug-likeness (QED) is 0.558. The van der Waals surface area contributed by atoms with E-state index in [9.17, 15) is 31.9 Å². The molecule has 13 heteroatoms. The van der Waals surface area contributed by atoms with Crippen LogP contribution in [0.1, 0.15) is 5.56 Å². The second-order valence-electron chi connectivity index (χ2n) is 7.20. The van der Waals surface area contributed by atoms with E-state index < -0.39 is 52.7 Å². The fraction of sp³-hybridized carbons (Fsp3) is 0.350. The second kappa shape index (κ2) is 8.75. The van der Waals surface area contributed by atoms with E-state index in [1.807, 2.05) is 0 Å². The van der Waals surface area contributed by atoms with Gasteiger partial charge < -0.3 is 14.7 Å². The number of pyridine rings is 1. The Morgan fingerprint density at radius 2 is 1.82 bits per heavy atom. The van der Waals surface area contributed by atoms with Crippen molar-refractivity contribution in [3.05, 3.63) is 45.5 Å². The molecule has 0 spiro atoms. The van der Waals surface area contributed by atoms with Crippen molar-refractivity contribution in [2.24, 2.45) is 0 Å². The zero-order valence-electron chi connectivity index (χ0n) is 16.7. The predicted octanol–water partition coefficient (Wildman–Crippen LogP) is 3.94. The first-order valence-electron chi connectivity index (χ1n) is 9.68. The summed E-state index contributed by atoms with van der Waals surface area (Å²) in [5.74, 6) is -0.908. The number of anilines is 1. The number of aromatic nitrogens is 3. The maximum atomic E-state index is 14.3. The second-order valence-corrected chi connectivity index (χ2v) is 7.64. The Labute approximate surface area is 188 Å². The highest BCUT2D eigenvalue weighted by Crippen LogP contribution is 2.46. The number of aromatic hydroxyl groups is 1. The molecule has 3 heterocycles. The highest BCUT2D eigenvalue weighted by atomic mass is 35.5. The van der Waals surface area contributed by atoms with E-state index in [1.54, 1.807) is 0 Å². The molecule has 1 aromatic carbocycles. The fourth-order valence-corrected chi connectivity index (χ4v) is 4.05. The molecule has 1 fully saturated rings. The van der Waals surface area contributed by atoms with E-state index in [0.29, 0.717) is 4.57 Å². The summed E-state index contributed by atoms with van der Waals surface area (Å²) in [7, 11) is 0. The van der Waals surface area contributed by atoms with Crippen molar-refractivity contribution < 1.29 is 31.8 Å². The van der Waals surface area contributed by atoms with Crippen LogP contribution in [0.25, 0.3) is 22.3 Å². The van der Waals surface area contributed by atoms with Gasteiger partial charge in [-0.15, -0.1) is 0 Å². The van der Waals surface area contributed by atoms with Crippen molar-refractivity contribution in [1.29, 1.82) is 0 Å². The Balaban J connectivity index is 2.10. The van der Waals surface area contributed by atoms with Crippen LogP contribution in [0.4, 0.5) is 27.6 Å². The summed E-state index contributed by atoms with van der Waals surface area (Å²) in [6, 6.07) is 1.98. The number of halogens is 6. The molecule has 1 aliphatic heterocycles. The van der Waals surface area contributed by atoms with Crippen LogP contribution in [0.15, 0.2) is 29.3 Å². The van der Waals surface area contributed by atoms with Gasteiger partial charge in [-0.25, -0.2) is 18.7 Å². The molecule has 1 saturated heterocycles. The third-order valence-corrected chi connectivity index (χ3v) is 5.38. The summed E-state index contributed by atoms with van der Waals surface area (Å²) in [5.41, 5.74) is -5.18. The van der Waals surface area contributed by atoms with E-state index in [2.05, 4.69) is 9.97 Å². The Hall–Kier alpha value is -2.99. The average molecular weight is 491 g/mol. The Kier molecular flexibility index (Phi) is 6.14. The lowest BCUT2D eigenvalue weighted by Gasteiger charge is -2.32. The van der Waals surface area contributed by atoms with Crippen molar-refractivity contribution in [3.8, 4) is 16.9 Å². The van der Waals surface area contributed by atoms with Gasteiger partial charge in [0.05, 0.1) is 36.6 Å². The Morgan fingerprint density at radius 1 is 1.15 bits per heavy atom. The zero-order valence-corrected chi connectivity index (χ0v) is 17.5. The number of benzene rings is 1. The largest absolute Gasteiger partial charge is 0.505 e. The topological polar surface area (TPSA) is 80.5 Å². The van der Waals surface area contributed by atoms with E-state index in [4.69, 9.17) is 16.3 Å². The predicted molar refractivity (Wildman–Crippen MR) is 110 cm³/mol. The molecule has 176 valence electrons. The first-order chi connectivity index (χ1) is 15.6. The van der Waals surface area contributed by atoms with Gasteiger partial charge in [-0.05, 0) is 12.1 Å². The Morgan fingerprint density at radius 3 is 2.45 bits per heavy atom. The summed E-state index contributed by atoms with van der Waals surface area (Å²) in [5, 5.41) is 10.6. The molecule has 0 radical (unpaired) electrons. The van der Waals surface area contributed by atoms with Gasteiger partial charge in [0.2, 0.25) is 0 Å². The van der Waals surface area contributed by atoms with Crippen molar-refractivity contribution in [2.45, 2.75) is 19.1 Å².